The van der Waals surface area contributed by atoms with Crippen LogP contribution in [-0.2, 0) is 9.59 Å². The van der Waals surface area contributed by atoms with Crippen molar-refractivity contribution in [1.29, 1.82) is 0 Å². The lowest BCUT2D eigenvalue weighted by molar-refractivity contribution is -0.129. The van der Waals surface area contributed by atoms with E-state index in [1.807, 2.05) is 13.8 Å². The Labute approximate surface area is 124 Å². The number of nitrogens with one attached hydrogen (secondary N) is 2. The highest BCUT2D eigenvalue weighted by Gasteiger charge is 2.69. The molecule has 2 rings (SSSR count). The van der Waals surface area contributed by atoms with Crippen molar-refractivity contribution in [2.24, 2.45) is 17.8 Å². The zero-order valence-electron chi connectivity index (χ0n) is 12.8. The molecule has 0 spiro atoms. The normalized spacial score (nSPS) is 34.4. The highest BCUT2D eigenvalue weighted by Crippen LogP contribution is 2.54. The first-order chi connectivity index (χ1) is 9.73. The van der Waals surface area contributed by atoms with Gasteiger partial charge in [-0.1, -0.05) is 13.3 Å². The standard InChI is InChI=1S/C15H24F2N2O2/c1-8(2)18-13(20)10-5-4-6-11(7-10)19-14(21)12-9(3)15(12,16)17/h8-12H,4-7H2,1-3H3,(H,18,20)(H,19,21). The van der Waals surface area contributed by atoms with Crippen LogP contribution in [0.2, 0.25) is 0 Å². The van der Waals surface area contributed by atoms with Crippen LogP contribution in [0.3, 0.4) is 0 Å². The van der Waals surface area contributed by atoms with Gasteiger partial charge in [0.05, 0.1) is 0 Å². The summed E-state index contributed by atoms with van der Waals surface area (Å²) < 4.78 is 26.4. The molecule has 2 saturated carbocycles. The van der Waals surface area contributed by atoms with Crippen LogP contribution in [0.1, 0.15) is 46.5 Å². The maximum Gasteiger partial charge on any atom is 0.263 e. The van der Waals surface area contributed by atoms with Crippen LogP contribution in [0.15, 0.2) is 0 Å². The molecule has 2 aliphatic carbocycles. The minimum atomic E-state index is -2.87. The van der Waals surface area contributed by atoms with Gasteiger partial charge in [-0.05, 0) is 33.1 Å². The molecule has 21 heavy (non-hydrogen) atoms. The van der Waals surface area contributed by atoms with Gasteiger partial charge in [0.15, 0.2) is 0 Å². The molecular formula is C15H24F2N2O2. The van der Waals surface area contributed by atoms with Gasteiger partial charge in [0.2, 0.25) is 11.8 Å². The van der Waals surface area contributed by atoms with Gasteiger partial charge in [0, 0.05) is 23.9 Å². The second-order valence-electron chi connectivity index (χ2n) is 6.67. The Bertz CT molecular complexity index is 426. The fraction of sp³-hybridized carbons (Fsp3) is 0.867. The molecule has 0 radical (unpaired) electrons. The molecular weight excluding hydrogens is 278 g/mol. The van der Waals surface area contributed by atoms with E-state index in [2.05, 4.69) is 10.6 Å². The Kier molecular flexibility index (Phi) is 4.54. The van der Waals surface area contributed by atoms with E-state index in [9.17, 15) is 18.4 Å². The maximum atomic E-state index is 13.2. The number of amides is 2. The number of alkyl halides is 2. The number of halogens is 2. The van der Waals surface area contributed by atoms with Gasteiger partial charge in [-0.25, -0.2) is 8.78 Å². The molecule has 0 aliphatic heterocycles. The average molecular weight is 302 g/mol. The summed E-state index contributed by atoms with van der Waals surface area (Å²) in [7, 11) is 0. The van der Waals surface area contributed by atoms with Gasteiger partial charge in [0.1, 0.15) is 5.92 Å². The summed E-state index contributed by atoms with van der Waals surface area (Å²) in [4.78, 5) is 23.9. The first-order valence-electron chi connectivity index (χ1n) is 7.72. The zero-order chi connectivity index (χ0) is 15.8. The van der Waals surface area contributed by atoms with Crippen LogP contribution in [0.5, 0.6) is 0 Å². The van der Waals surface area contributed by atoms with Crippen LogP contribution in [-0.4, -0.2) is 29.8 Å². The van der Waals surface area contributed by atoms with Crippen molar-refractivity contribution in [3.8, 4) is 0 Å². The lowest BCUT2D eigenvalue weighted by Crippen LogP contribution is -2.44. The summed E-state index contributed by atoms with van der Waals surface area (Å²) in [6.45, 7) is 5.19. The van der Waals surface area contributed by atoms with Crippen molar-refractivity contribution in [2.75, 3.05) is 0 Å². The lowest BCUT2D eigenvalue weighted by Gasteiger charge is -2.29. The number of carbonyl (C=O) groups excluding carboxylic acids is 2. The quantitative estimate of drug-likeness (QED) is 0.835. The summed E-state index contributed by atoms with van der Waals surface area (Å²) in [6.07, 6.45) is 2.92. The predicted molar refractivity (Wildman–Crippen MR) is 74.8 cm³/mol. The first-order valence-corrected chi connectivity index (χ1v) is 7.72. The van der Waals surface area contributed by atoms with E-state index in [4.69, 9.17) is 0 Å². The minimum absolute atomic E-state index is 0.00549. The Morgan fingerprint density at radius 2 is 1.81 bits per heavy atom. The third-order valence-electron chi connectivity index (χ3n) is 4.52. The summed E-state index contributed by atoms with van der Waals surface area (Å²) in [5.41, 5.74) is 0. The fourth-order valence-electron chi connectivity index (χ4n) is 3.13. The Hall–Kier alpha value is -1.20. The predicted octanol–water partition coefficient (Wildman–Crippen LogP) is 2.09. The third-order valence-corrected chi connectivity index (χ3v) is 4.52. The van der Waals surface area contributed by atoms with Gasteiger partial charge in [-0.15, -0.1) is 0 Å². The van der Waals surface area contributed by atoms with Crippen LogP contribution in [0, 0.1) is 17.8 Å². The topological polar surface area (TPSA) is 58.2 Å². The molecule has 0 bridgehead atoms. The van der Waals surface area contributed by atoms with E-state index in [1.165, 1.54) is 6.92 Å². The van der Waals surface area contributed by atoms with Crippen molar-refractivity contribution in [3.63, 3.8) is 0 Å². The van der Waals surface area contributed by atoms with Gasteiger partial charge in [0.25, 0.3) is 5.92 Å². The molecule has 120 valence electrons. The molecule has 2 N–H and O–H groups in total. The summed E-state index contributed by atoms with van der Waals surface area (Å²) in [6, 6.07) is -0.0868. The van der Waals surface area contributed by atoms with E-state index < -0.39 is 23.7 Å². The van der Waals surface area contributed by atoms with Crippen LogP contribution in [0.4, 0.5) is 8.78 Å². The number of hydrogen-bond acceptors (Lipinski definition) is 2. The largest absolute Gasteiger partial charge is 0.354 e. The van der Waals surface area contributed by atoms with E-state index in [-0.39, 0.29) is 23.9 Å². The molecule has 0 heterocycles. The molecule has 2 amide bonds. The minimum Gasteiger partial charge on any atom is -0.354 e. The van der Waals surface area contributed by atoms with E-state index in [0.29, 0.717) is 6.42 Å². The van der Waals surface area contributed by atoms with Crippen LogP contribution < -0.4 is 10.6 Å². The zero-order valence-corrected chi connectivity index (χ0v) is 12.8. The van der Waals surface area contributed by atoms with Crippen molar-refractivity contribution < 1.29 is 18.4 Å². The number of hydrogen-bond donors (Lipinski definition) is 2. The molecule has 4 nitrogen and oxygen atoms in total. The molecule has 0 saturated heterocycles. The molecule has 4 unspecified atom stereocenters. The summed E-state index contributed by atoms with van der Waals surface area (Å²) in [5.74, 6) is -5.64. The lowest BCUT2D eigenvalue weighted by atomic mass is 9.85. The van der Waals surface area contributed by atoms with Crippen LogP contribution in [0.25, 0.3) is 0 Å². The smallest absolute Gasteiger partial charge is 0.263 e. The second kappa shape index (κ2) is 5.89. The SMILES string of the molecule is CC(C)NC(=O)C1CCCC(NC(=O)C2C(C)C2(F)F)C1. The van der Waals surface area contributed by atoms with E-state index in [0.717, 1.165) is 19.3 Å². The number of rotatable bonds is 4. The highest BCUT2D eigenvalue weighted by molar-refractivity contribution is 5.84. The molecule has 2 fully saturated rings. The van der Waals surface area contributed by atoms with Crippen molar-refractivity contribution in [3.05, 3.63) is 0 Å². The molecule has 0 aromatic carbocycles. The molecule has 4 atom stereocenters. The Balaban J connectivity index is 1.85. The monoisotopic (exact) mass is 302 g/mol. The average Bonchev–Trinajstić information content (AvgIpc) is 2.87. The van der Waals surface area contributed by atoms with E-state index in [1.54, 1.807) is 0 Å². The number of carbonyl (C=O) groups is 2. The Morgan fingerprint density at radius 3 is 2.33 bits per heavy atom. The first kappa shape index (κ1) is 16.2. The van der Waals surface area contributed by atoms with Crippen LogP contribution >= 0.6 is 0 Å². The van der Waals surface area contributed by atoms with Gasteiger partial charge in [-0.2, -0.15) is 0 Å². The fourth-order valence-corrected chi connectivity index (χ4v) is 3.13. The molecule has 0 aromatic heterocycles. The highest BCUT2D eigenvalue weighted by atomic mass is 19.3. The van der Waals surface area contributed by atoms with Crippen molar-refractivity contribution in [1.82, 2.24) is 10.6 Å². The second-order valence-corrected chi connectivity index (χ2v) is 6.67. The molecule has 6 heteroatoms. The molecule has 0 aromatic rings. The van der Waals surface area contributed by atoms with Crippen molar-refractivity contribution in [2.45, 2.75) is 64.5 Å². The maximum absolute atomic E-state index is 13.2. The Morgan fingerprint density at radius 1 is 1.19 bits per heavy atom. The van der Waals surface area contributed by atoms with Gasteiger partial charge >= 0.3 is 0 Å². The van der Waals surface area contributed by atoms with Gasteiger partial charge in [-0.3, -0.25) is 9.59 Å². The third kappa shape index (κ3) is 3.52. The summed E-state index contributed by atoms with van der Waals surface area (Å²) in [5, 5.41) is 5.58. The molecule has 2 aliphatic rings. The van der Waals surface area contributed by atoms with Crippen molar-refractivity contribution >= 4 is 11.8 Å². The van der Waals surface area contributed by atoms with Gasteiger partial charge < -0.3 is 10.6 Å². The van der Waals surface area contributed by atoms with E-state index >= 15 is 0 Å². The summed E-state index contributed by atoms with van der Waals surface area (Å²) >= 11 is 0.